The number of carbonyl (C=O) groups excluding carboxylic acids is 3. The molecule has 5 rings (SSSR count). The van der Waals surface area contributed by atoms with Crippen LogP contribution in [0, 0.1) is 34.5 Å². The maximum atomic E-state index is 13.6. The van der Waals surface area contributed by atoms with Gasteiger partial charge >= 0.3 is 5.97 Å². The molecule has 0 saturated heterocycles. The van der Waals surface area contributed by atoms with Gasteiger partial charge in [0.15, 0.2) is 0 Å². The van der Waals surface area contributed by atoms with E-state index in [4.69, 9.17) is 27.9 Å². The minimum absolute atomic E-state index is 0.0404. The molecule has 1 aromatic carbocycles. The average Bonchev–Trinajstić information content (AvgIpc) is 3.29. The monoisotopic (exact) mass is 618 g/mol. The molecule has 0 heterocycles. The Morgan fingerprint density at radius 2 is 1.67 bits per heavy atom. The quantitative estimate of drug-likeness (QED) is 0.238. The molecule has 1 aromatic rings. The maximum Gasteiger partial charge on any atom is 0.329 e. The fourth-order valence-corrected chi connectivity index (χ4v) is 9.91. The van der Waals surface area contributed by atoms with Gasteiger partial charge in [0.2, 0.25) is 5.91 Å². The number of esters is 1. The number of fused-ring (bicyclic) bond motifs is 5. The van der Waals surface area contributed by atoms with Crippen molar-refractivity contribution in [3.63, 3.8) is 0 Å². The first-order valence-corrected chi connectivity index (χ1v) is 17.1. The van der Waals surface area contributed by atoms with Crippen LogP contribution in [-0.4, -0.2) is 54.7 Å². The topological polar surface area (TPSA) is 75.7 Å². The van der Waals surface area contributed by atoms with Crippen molar-refractivity contribution in [2.45, 2.75) is 97.1 Å². The van der Waals surface area contributed by atoms with E-state index in [9.17, 15) is 14.4 Å². The molecule has 1 amide bonds. The molecule has 4 saturated carbocycles. The molecule has 8 atom stereocenters. The number of hydrogen-bond donors (Lipinski definition) is 1. The van der Waals surface area contributed by atoms with Crippen LogP contribution < -0.4 is 10.2 Å². The normalized spacial score (nSPS) is 34.5. The molecule has 0 spiro atoms. The van der Waals surface area contributed by atoms with E-state index in [1.807, 2.05) is 24.3 Å². The van der Waals surface area contributed by atoms with Crippen LogP contribution >= 0.6 is 23.2 Å². The highest BCUT2D eigenvalue weighted by Crippen LogP contribution is 2.66. The first-order valence-electron chi connectivity index (χ1n) is 16.0. The predicted molar refractivity (Wildman–Crippen MR) is 168 cm³/mol. The van der Waals surface area contributed by atoms with Crippen LogP contribution in [0.25, 0.3) is 0 Å². The Kier molecular flexibility index (Phi) is 9.83. The number of ether oxygens (including phenoxy) is 1. The minimum Gasteiger partial charge on any atom is -0.460 e. The lowest BCUT2D eigenvalue weighted by Gasteiger charge is -2.60. The number of hydrogen-bond acceptors (Lipinski definition) is 5. The van der Waals surface area contributed by atoms with E-state index in [1.54, 1.807) is 0 Å². The number of alkyl halides is 2. The van der Waals surface area contributed by atoms with Crippen LogP contribution in [0.1, 0.15) is 84.1 Å². The molecule has 4 aliphatic carbocycles. The fourth-order valence-electron chi connectivity index (χ4n) is 9.50. The zero-order valence-electron chi connectivity index (χ0n) is 25.5. The van der Waals surface area contributed by atoms with Crippen LogP contribution in [0.15, 0.2) is 24.3 Å². The smallest absolute Gasteiger partial charge is 0.329 e. The fraction of sp³-hybridized carbons (Fsp3) is 0.735. The van der Waals surface area contributed by atoms with E-state index in [1.165, 1.54) is 13.3 Å². The van der Waals surface area contributed by atoms with Crippen LogP contribution in [0.4, 0.5) is 5.69 Å². The van der Waals surface area contributed by atoms with Crippen molar-refractivity contribution >= 4 is 46.5 Å². The van der Waals surface area contributed by atoms with Gasteiger partial charge in [0, 0.05) is 62.1 Å². The van der Waals surface area contributed by atoms with Crippen molar-refractivity contribution in [2.75, 3.05) is 29.7 Å². The molecule has 232 valence electrons. The van der Waals surface area contributed by atoms with Crippen LogP contribution in [0.3, 0.4) is 0 Å². The first kappa shape index (κ1) is 31.6. The third-order valence-electron chi connectivity index (χ3n) is 11.8. The van der Waals surface area contributed by atoms with Gasteiger partial charge in [0.1, 0.15) is 17.9 Å². The summed E-state index contributed by atoms with van der Waals surface area (Å²) < 4.78 is 6.33. The summed E-state index contributed by atoms with van der Waals surface area (Å²) in [4.78, 5) is 40.1. The molecular weight excluding hydrogens is 571 g/mol. The van der Waals surface area contributed by atoms with Crippen LogP contribution in [-0.2, 0) is 25.5 Å². The number of carbonyl (C=O) groups is 3. The maximum absolute atomic E-state index is 13.6. The Balaban J connectivity index is 1.26. The van der Waals surface area contributed by atoms with Crippen molar-refractivity contribution in [2.24, 2.45) is 34.5 Å². The molecule has 1 N–H and O–H groups in total. The summed E-state index contributed by atoms with van der Waals surface area (Å²) in [7, 11) is 0. The SMILES string of the molecule is CC(=O)N[C@H](Cc1ccc(N(CCCl)CCCl)cc1)C(=O)O[C@H]1CC[C@H]2[C@H]3CC[C@H]4CC(=O)CC[C@]4(C)[C@@H]3CC[C@]12C. The summed E-state index contributed by atoms with van der Waals surface area (Å²) in [5.74, 6) is 3.29. The number of nitrogens with one attached hydrogen (secondary N) is 1. The summed E-state index contributed by atoms with van der Waals surface area (Å²) in [5.41, 5.74) is 2.21. The van der Waals surface area contributed by atoms with Crippen molar-refractivity contribution in [3.05, 3.63) is 29.8 Å². The average molecular weight is 620 g/mol. The highest BCUT2D eigenvalue weighted by Gasteiger charge is 2.61. The van der Waals surface area contributed by atoms with E-state index in [0.717, 1.165) is 62.6 Å². The van der Waals surface area contributed by atoms with Crippen molar-refractivity contribution < 1.29 is 19.1 Å². The van der Waals surface area contributed by atoms with Gasteiger partial charge in [-0.1, -0.05) is 26.0 Å². The predicted octanol–water partition coefficient (Wildman–Crippen LogP) is 6.54. The van der Waals surface area contributed by atoms with E-state index in [2.05, 4.69) is 24.1 Å². The zero-order valence-corrected chi connectivity index (χ0v) is 27.0. The first-order chi connectivity index (χ1) is 20.1. The minimum atomic E-state index is -0.733. The summed E-state index contributed by atoms with van der Waals surface area (Å²) in [6, 6.07) is 7.29. The summed E-state index contributed by atoms with van der Waals surface area (Å²) in [5, 5.41) is 2.86. The second-order valence-corrected chi connectivity index (χ2v) is 14.7. The molecular formula is C34H48Cl2N2O4. The lowest BCUT2D eigenvalue weighted by Crippen LogP contribution is -2.54. The van der Waals surface area contributed by atoms with Gasteiger partial charge in [0.25, 0.3) is 0 Å². The second kappa shape index (κ2) is 13.1. The van der Waals surface area contributed by atoms with Crippen LogP contribution in [0.5, 0.6) is 0 Å². The lowest BCUT2D eigenvalue weighted by atomic mass is 9.45. The molecule has 42 heavy (non-hydrogen) atoms. The van der Waals surface area contributed by atoms with E-state index in [-0.39, 0.29) is 28.8 Å². The molecule has 0 aromatic heterocycles. The molecule has 0 aliphatic heterocycles. The van der Waals surface area contributed by atoms with Crippen molar-refractivity contribution in [1.29, 1.82) is 0 Å². The summed E-state index contributed by atoms with van der Waals surface area (Å²) in [6.45, 7) is 7.67. The van der Waals surface area contributed by atoms with Gasteiger partial charge in [-0.3, -0.25) is 9.59 Å². The molecule has 0 unspecified atom stereocenters. The third kappa shape index (κ3) is 6.22. The number of nitrogens with zero attached hydrogens (tertiary/aromatic N) is 1. The highest BCUT2D eigenvalue weighted by atomic mass is 35.5. The number of rotatable bonds is 10. The third-order valence-corrected chi connectivity index (χ3v) is 12.1. The van der Waals surface area contributed by atoms with Gasteiger partial charge in [-0.05, 0) is 91.7 Å². The Morgan fingerprint density at radius 3 is 2.33 bits per heavy atom. The van der Waals surface area contributed by atoms with Gasteiger partial charge in [-0.15, -0.1) is 23.2 Å². The largest absolute Gasteiger partial charge is 0.460 e. The Morgan fingerprint density at radius 1 is 0.976 bits per heavy atom. The Labute approximate surface area is 261 Å². The van der Waals surface area contributed by atoms with Crippen molar-refractivity contribution in [3.8, 4) is 0 Å². The molecule has 4 fully saturated rings. The number of ketones is 1. The number of Topliss-reactive ketones (excluding diaryl/α,β-unsaturated/α-hetero) is 1. The highest BCUT2D eigenvalue weighted by molar-refractivity contribution is 6.18. The van der Waals surface area contributed by atoms with Gasteiger partial charge in [-0.25, -0.2) is 4.79 Å². The molecule has 8 heteroatoms. The second-order valence-electron chi connectivity index (χ2n) is 13.9. The summed E-state index contributed by atoms with van der Waals surface area (Å²) in [6.07, 6.45) is 9.31. The number of benzene rings is 1. The van der Waals surface area contributed by atoms with E-state index >= 15 is 0 Å². The Bertz CT molecular complexity index is 1140. The molecule has 6 nitrogen and oxygen atoms in total. The van der Waals surface area contributed by atoms with Crippen LogP contribution in [0.2, 0.25) is 0 Å². The summed E-state index contributed by atoms with van der Waals surface area (Å²) >= 11 is 11.9. The standard InChI is InChI=1S/C34H48Cl2N2O4/c1-22(39)37-30(20-23-4-7-25(8-5-23)38(18-16-35)19-17-36)32(41)42-31-11-10-28-27-9-6-24-21-26(40)12-14-33(24,2)29(27)13-15-34(28,31)3/h4-5,7-8,24,27-31H,6,9-21H2,1-3H3,(H,37,39)/t24-,27+,28-,29+,30+,31-,33-,34-/m0/s1. The molecule has 0 bridgehead atoms. The lowest BCUT2D eigenvalue weighted by molar-refractivity contribution is -0.167. The molecule has 0 radical (unpaired) electrons. The number of anilines is 1. The van der Waals surface area contributed by atoms with Gasteiger partial charge in [-0.2, -0.15) is 0 Å². The van der Waals surface area contributed by atoms with Gasteiger partial charge in [0.05, 0.1) is 0 Å². The zero-order chi connectivity index (χ0) is 30.1. The number of halogens is 2. The van der Waals surface area contributed by atoms with Gasteiger partial charge < -0.3 is 15.0 Å². The van der Waals surface area contributed by atoms with E-state index < -0.39 is 6.04 Å². The Hall–Kier alpha value is -1.79. The van der Waals surface area contributed by atoms with E-state index in [0.29, 0.717) is 60.7 Å². The van der Waals surface area contributed by atoms with Crippen molar-refractivity contribution in [1.82, 2.24) is 5.32 Å². The molecule has 4 aliphatic rings. The number of amides is 1.